The second-order valence-corrected chi connectivity index (χ2v) is 5.60. The zero-order valence-corrected chi connectivity index (χ0v) is 14.5. The number of halogens is 1. The molecule has 126 valence electrons. The van der Waals surface area contributed by atoms with Gasteiger partial charge in [0.2, 0.25) is 5.91 Å². The average Bonchev–Trinajstić information content (AvgIpc) is 2.57. The molecule has 0 aromatic heterocycles. The molecule has 24 heavy (non-hydrogen) atoms. The van der Waals surface area contributed by atoms with Crippen LogP contribution in [0.15, 0.2) is 48.5 Å². The van der Waals surface area contributed by atoms with Crippen LogP contribution >= 0.6 is 11.6 Å². The predicted octanol–water partition coefficient (Wildman–Crippen LogP) is 4.33. The second-order valence-electron chi connectivity index (χ2n) is 5.19. The van der Waals surface area contributed by atoms with Crippen molar-refractivity contribution in [2.75, 3.05) is 25.6 Å². The highest BCUT2D eigenvalue weighted by atomic mass is 35.5. The number of carbonyl (C=O) groups excluding carboxylic acids is 1. The molecule has 0 saturated carbocycles. The minimum atomic E-state index is -0.255. The molecule has 0 aliphatic heterocycles. The van der Waals surface area contributed by atoms with Gasteiger partial charge in [-0.25, -0.2) is 0 Å². The number of benzene rings is 2. The summed E-state index contributed by atoms with van der Waals surface area (Å²) in [4.78, 5) is 12.1. The Bertz CT molecular complexity index is 711. The number of carbonyl (C=O) groups is 1. The van der Waals surface area contributed by atoms with Crippen LogP contribution in [0.3, 0.4) is 0 Å². The van der Waals surface area contributed by atoms with Crippen molar-refractivity contribution in [2.24, 2.45) is 0 Å². The van der Waals surface area contributed by atoms with Crippen LogP contribution in [0.1, 0.15) is 11.1 Å². The molecule has 0 unspecified atom stereocenters. The highest BCUT2D eigenvalue weighted by molar-refractivity contribution is 6.32. The minimum Gasteiger partial charge on any atom is -0.487 e. The fourth-order valence-corrected chi connectivity index (χ4v) is 2.23. The van der Waals surface area contributed by atoms with Gasteiger partial charge in [-0.1, -0.05) is 47.5 Å². The Balaban J connectivity index is 2.05. The van der Waals surface area contributed by atoms with Gasteiger partial charge in [0.15, 0.2) is 5.75 Å². The predicted molar refractivity (Wildman–Crippen MR) is 97.7 cm³/mol. The summed E-state index contributed by atoms with van der Waals surface area (Å²) in [6.45, 7) is 2.80. The maximum atomic E-state index is 12.1. The number of methoxy groups -OCH3 is 1. The standard InChI is InChI=1S/C19H20ClNO3/c1-14-6-8-15(9-7-14)10-11-18(22)21-17-5-3-4-16(20)19(17)24-13-12-23-2/h3-11H,12-13H2,1-2H3,(H,21,22)/b11-10+. The lowest BCUT2D eigenvalue weighted by Gasteiger charge is -2.13. The molecule has 5 heteroatoms. The van der Waals surface area contributed by atoms with Crippen LogP contribution in [0.4, 0.5) is 5.69 Å². The molecule has 0 fully saturated rings. The molecule has 0 radical (unpaired) electrons. The topological polar surface area (TPSA) is 47.6 Å². The lowest BCUT2D eigenvalue weighted by Crippen LogP contribution is -2.11. The first-order chi connectivity index (χ1) is 11.6. The summed E-state index contributed by atoms with van der Waals surface area (Å²) in [5.74, 6) is 0.183. The van der Waals surface area contributed by atoms with Gasteiger partial charge in [-0.05, 0) is 30.7 Å². The molecule has 0 aliphatic rings. The molecule has 0 heterocycles. The summed E-state index contributed by atoms with van der Waals surface area (Å²) in [7, 11) is 1.59. The van der Waals surface area contributed by atoms with Crippen molar-refractivity contribution in [2.45, 2.75) is 6.92 Å². The van der Waals surface area contributed by atoms with Gasteiger partial charge < -0.3 is 14.8 Å². The summed E-state index contributed by atoms with van der Waals surface area (Å²) < 4.78 is 10.5. The number of rotatable bonds is 7. The number of anilines is 1. The fraction of sp³-hybridized carbons (Fsp3) is 0.211. The summed E-state index contributed by atoms with van der Waals surface area (Å²) in [5, 5.41) is 3.22. The Labute approximate surface area is 147 Å². The first-order valence-corrected chi connectivity index (χ1v) is 7.94. The van der Waals surface area contributed by atoms with Gasteiger partial charge in [0.05, 0.1) is 17.3 Å². The van der Waals surface area contributed by atoms with Crippen LogP contribution in [-0.4, -0.2) is 26.2 Å². The van der Waals surface area contributed by atoms with E-state index in [1.54, 1.807) is 31.4 Å². The molecule has 0 bridgehead atoms. The molecule has 0 atom stereocenters. The lowest BCUT2D eigenvalue weighted by molar-refractivity contribution is -0.111. The molecule has 2 rings (SSSR count). The molecule has 0 spiro atoms. The van der Waals surface area contributed by atoms with E-state index in [1.807, 2.05) is 31.2 Å². The quantitative estimate of drug-likeness (QED) is 0.600. The normalized spacial score (nSPS) is 10.8. The molecular formula is C19H20ClNO3. The van der Waals surface area contributed by atoms with Gasteiger partial charge in [-0.2, -0.15) is 0 Å². The summed E-state index contributed by atoms with van der Waals surface area (Å²) in [6.07, 6.45) is 3.23. The highest BCUT2D eigenvalue weighted by Gasteiger charge is 2.10. The number of hydrogen-bond acceptors (Lipinski definition) is 3. The third kappa shape index (κ3) is 5.41. The van der Waals surface area contributed by atoms with Crippen molar-refractivity contribution in [3.8, 4) is 5.75 Å². The van der Waals surface area contributed by atoms with Crippen LogP contribution in [0, 0.1) is 6.92 Å². The van der Waals surface area contributed by atoms with E-state index in [2.05, 4.69) is 5.32 Å². The third-order valence-electron chi connectivity index (χ3n) is 3.26. The smallest absolute Gasteiger partial charge is 0.248 e. The van der Waals surface area contributed by atoms with Gasteiger partial charge in [0, 0.05) is 13.2 Å². The van der Waals surface area contributed by atoms with Crippen LogP contribution < -0.4 is 10.1 Å². The first kappa shape index (κ1) is 18.0. The van der Waals surface area contributed by atoms with Crippen molar-refractivity contribution < 1.29 is 14.3 Å². The van der Waals surface area contributed by atoms with Crippen LogP contribution in [-0.2, 0) is 9.53 Å². The second kappa shape index (κ2) is 9.11. The number of aryl methyl sites for hydroxylation is 1. The zero-order valence-electron chi connectivity index (χ0n) is 13.7. The number of para-hydroxylation sites is 1. The van der Waals surface area contributed by atoms with Crippen molar-refractivity contribution in [3.63, 3.8) is 0 Å². The Morgan fingerprint density at radius 1 is 1.17 bits per heavy atom. The fourth-order valence-electron chi connectivity index (χ4n) is 2.00. The summed E-state index contributed by atoms with van der Waals surface area (Å²) >= 11 is 6.14. The van der Waals surface area contributed by atoms with E-state index in [0.717, 1.165) is 5.56 Å². The lowest BCUT2D eigenvalue weighted by atomic mass is 10.1. The molecule has 2 aromatic rings. The zero-order chi connectivity index (χ0) is 17.4. The van der Waals surface area contributed by atoms with Gasteiger partial charge in [-0.15, -0.1) is 0 Å². The first-order valence-electron chi connectivity index (χ1n) is 7.56. The number of hydrogen-bond donors (Lipinski definition) is 1. The van der Waals surface area contributed by atoms with Crippen LogP contribution in [0.5, 0.6) is 5.75 Å². The largest absolute Gasteiger partial charge is 0.487 e. The average molecular weight is 346 g/mol. The molecule has 1 N–H and O–H groups in total. The maximum absolute atomic E-state index is 12.1. The van der Waals surface area contributed by atoms with E-state index < -0.39 is 0 Å². The highest BCUT2D eigenvalue weighted by Crippen LogP contribution is 2.32. The van der Waals surface area contributed by atoms with E-state index in [1.165, 1.54) is 11.6 Å². The Hall–Kier alpha value is -2.30. The number of amides is 1. The van der Waals surface area contributed by atoms with E-state index in [9.17, 15) is 4.79 Å². The van der Waals surface area contributed by atoms with E-state index in [0.29, 0.717) is 29.7 Å². The maximum Gasteiger partial charge on any atom is 0.248 e. The van der Waals surface area contributed by atoms with Crippen molar-refractivity contribution in [3.05, 3.63) is 64.7 Å². The molecule has 1 amide bonds. The molecule has 4 nitrogen and oxygen atoms in total. The minimum absolute atomic E-state index is 0.255. The summed E-state index contributed by atoms with van der Waals surface area (Å²) in [5.41, 5.74) is 2.66. The van der Waals surface area contributed by atoms with Crippen molar-refractivity contribution in [1.82, 2.24) is 0 Å². The monoisotopic (exact) mass is 345 g/mol. The third-order valence-corrected chi connectivity index (χ3v) is 3.56. The van der Waals surface area contributed by atoms with Gasteiger partial charge in [0.1, 0.15) is 6.61 Å². The molecule has 0 aliphatic carbocycles. The number of ether oxygens (including phenoxy) is 2. The molecule has 2 aromatic carbocycles. The van der Waals surface area contributed by atoms with E-state index in [4.69, 9.17) is 21.1 Å². The SMILES string of the molecule is COCCOc1c(Cl)cccc1NC(=O)/C=C/c1ccc(C)cc1. The number of nitrogens with one attached hydrogen (secondary N) is 1. The van der Waals surface area contributed by atoms with Crippen LogP contribution in [0.2, 0.25) is 5.02 Å². The van der Waals surface area contributed by atoms with E-state index in [-0.39, 0.29) is 5.91 Å². The van der Waals surface area contributed by atoms with Crippen molar-refractivity contribution in [1.29, 1.82) is 0 Å². The Morgan fingerprint density at radius 3 is 2.62 bits per heavy atom. The van der Waals surface area contributed by atoms with Gasteiger partial charge in [-0.3, -0.25) is 4.79 Å². The summed E-state index contributed by atoms with van der Waals surface area (Å²) in [6, 6.07) is 13.1. The Kier molecular flexibility index (Phi) is 6.85. The van der Waals surface area contributed by atoms with Crippen LogP contribution in [0.25, 0.3) is 6.08 Å². The molecular weight excluding hydrogens is 326 g/mol. The molecule has 0 saturated heterocycles. The van der Waals surface area contributed by atoms with E-state index >= 15 is 0 Å². The van der Waals surface area contributed by atoms with Gasteiger partial charge in [0.25, 0.3) is 0 Å². The van der Waals surface area contributed by atoms with Gasteiger partial charge >= 0.3 is 0 Å². The van der Waals surface area contributed by atoms with Crippen molar-refractivity contribution >= 4 is 29.3 Å². The Morgan fingerprint density at radius 2 is 1.92 bits per heavy atom.